The third-order valence-electron chi connectivity index (χ3n) is 3.22. The van der Waals surface area contributed by atoms with E-state index >= 15 is 0 Å². The maximum absolute atomic E-state index is 11.1. The first kappa shape index (κ1) is 11.2. The standard InChI is InChI=1S/C12H17NO3/c1-9(8-10-4-3-7-16-10)13-6-2-5-11(13)12(14)15/h3-4,7,9,11H,2,5-6,8H2,1H3,(H,14,15). The summed E-state index contributed by atoms with van der Waals surface area (Å²) in [6.07, 6.45) is 4.16. The van der Waals surface area contributed by atoms with E-state index in [2.05, 4.69) is 11.8 Å². The van der Waals surface area contributed by atoms with Crippen LogP contribution < -0.4 is 0 Å². The van der Waals surface area contributed by atoms with Crippen LogP contribution in [0, 0.1) is 0 Å². The molecule has 0 amide bonds. The number of carbonyl (C=O) groups is 1. The van der Waals surface area contributed by atoms with Crippen LogP contribution in [0.4, 0.5) is 0 Å². The minimum Gasteiger partial charge on any atom is -0.480 e. The monoisotopic (exact) mass is 223 g/mol. The predicted octanol–water partition coefficient (Wildman–Crippen LogP) is 1.76. The summed E-state index contributed by atoms with van der Waals surface area (Å²) in [4.78, 5) is 13.1. The lowest BCUT2D eigenvalue weighted by Gasteiger charge is -2.27. The van der Waals surface area contributed by atoms with E-state index in [9.17, 15) is 4.79 Å². The molecule has 1 fully saturated rings. The third kappa shape index (κ3) is 2.27. The summed E-state index contributed by atoms with van der Waals surface area (Å²) in [7, 11) is 0. The van der Waals surface area contributed by atoms with E-state index in [4.69, 9.17) is 9.52 Å². The number of aliphatic carboxylic acids is 1. The molecule has 0 bridgehead atoms. The first-order chi connectivity index (χ1) is 7.68. The van der Waals surface area contributed by atoms with Gasteiger partial charge in [-0.1, -0.05) is 0 Å². The summed E-state index contributed by atoms with van der Waals surface area (Å²) in [6.45, 7) is 2.93. The van der Waals surface area contributed by atoms with Crippen molar-refractivity contribution in [3.05, 3.63) is 24.2 Å². The lowest BCUT2D eigenvalue weighted by atomic mass is 10.1. The van der Waals surface area contributed by atoms with Crippen LogP contribution in [0.15, 0.2) is 22.8 Å². The van der Waals surface area contributed by atoms with Gasteiger partial charge in [0.05, 0.1) is 6.26 Å². The molecule has 1 aliphatic rings. The van der Waals surface area contributed by atoms with Crippen LogP contribution in [-0.2, 0) is 11.2 Å². The molecule has 2 rings (SSSR count). The maximum Gasteiger partial charge on any atom is 0.320 e. The number of nitrogens with zero attached hydrogens (tertiary/aromatic N) is 1. The van der Waals surface area contributed by atoms with E-state index in [1.165, 1.54) is 0 Å². The Morgan fingerprint density at radius 2 is 2.56 bits per heavy atom. The Labute approximate surface area is 94.9 Å². The summed E-state index contributed by atoms with van der Waals surface area (Å²) >= 11 is 0. The number of hydrogen-bond donors (Lipinski definition) is 1. The third-order valence-corrected chi connectivity index (χ3v) is 3.22. The first-order valence-electron chi connectivity index (χ1n) is 5.69. The molecule has 88 valence electrons. The molecule has 2 unspecified atom stereocenters. The highest BCUT2D eigenvalue weighted by Gasteiger charge is 2.33. The molecule has 1 aliphatic heterocycles. The number of hydrogen-bond acceptors (Lipinski definition) is 3. The molecule has 0 aromatic carbocycles. The lowest BCUT2D eigenvalue weighted by molar-refractivity contribution is -0.142. The van der Waals surface area contributed by atoms with Crippen LogP contribution in [0.25, 0.3) is 0 Å². The van der Waals surface area contributed by atoms with Crippen LogP contribution in [-0.4, -0.2) is 34.6 Å². The molecule has 2 atom stereocenters. The highest BCUT2D eigenvalue weighted by atomic mass is 16.4. The zero-order chi connectivity index (χ0) is 11.5. The average Bonchev–Trinajstić information content (AvgIpc) is 2.86. The molecule has 0 spiro atoms. The van der Waals surface area contributed by atoms with Gasteiger partial charge in [0.15, 0.2) is 0 Å². The summed E-state index contributed by atoms with van der Waals surface area (Å²) in [5.74, 6) is 0.215. The van der Waals surface area contributed by atoms with E-state index in [1.807, 2.05) is 12.1 Å². The fourth-order valence-corrected chi connectivity index (χ4v) is 2.42. The maximum atomic E-state index is 11.1. The Bertz CT molecular complexity index is 347. The van der Waals surface area contributed by atoms with Gasteiger partial charge in [-0.3, -0.25) is 9.69 Å². The van der Waals surface area contributed by atoms with Crippen LogP contribution in [0.3, 0.4) is 0 Å². The molecule has 1 saturated heterocycles. The van der Waals surface area contributed by atoms with Gasteiger partial charge in [-0.2, -0.15) is 0 Å². The largest absolute Gasteiger partial charge is 0.480 e. The minimum absolute atomic E-state index is 0.217. The second-order valence-electron chi connectivity index (χ2n) is 4.37. The Balaban J connectivity index is 1.98. The smallest absolute Gasteiger partial charge is 0.320 e. The average molecular weight is 223 g/mol. The van der Waals surface area contributed by atoms with Crippen molar-refractivity contribution in [3.63, 3.8) is 0 Å². The van der Waals surface area contributed by atoms with Crippen molar-refractivity contribution in [1.29, 1.82) is 0 Å². The van der Waals surface area contributed by atoms with Crippen molar-refractivity contribution in [2.45, 2.75) is 38.3 Å². The second-order valence-corrected chi connectivity index (χ2v) is 4.37. The Kier molecular flexibility index (Phi) is 3.29. The Hall–Kier alpha value is -1.29. The van der Waals surface area contributed by atoms with Gasteiger partial charge in [0.2, 0.25) is 0 Å². The van der Waals surface area contributed by atoms with Crippen LogP contribution in [0.1, 0.15) is 25.5 Å². The van der Waals surface area contributed by atoms with E-state index in [-0.39, 0.29) is 12.1 Å². The number of likely N-dealkylation sites (tertiary alicyclic amines) is 1. The summed E-state index contributed by atoms with van der Waals surface area (Å²) in [5.41, 5.74) is 0. The first-order valence-corrected chi connectivity index (χ1v) is 5.69. The molecular weight excluding hydrogens is 206 g/mol. The van der Waals surface area contributed by atoms with E-state index < -0.39 is 5.97 Å². The van der Waals surface area contributed by atoms with Gasteiger partial charge in [0.25, 0.3) is 0 Å². The Morgan fingerprint density at radius 1 is 1.75 bits per heavy atom. The highest BCUT2D eigenvalue weighted by Crippen LogP contribution is 2.22. The van der Waals surface area contributed by atoms with E-state index in [0.29, 0.717) is 0 Å². The van der Waals surface area contributed by atoms with Crippen molar-refractivity contribution in [2.75, 3.05) is 6.54 Å². The summed E-state index contributed by atoms with van der Waals surface area (Å²) in [5, 5.41) is 9.09. The van der Waals surface area contributed by atoms with Gasteiger partial charge in [0.1, 0.15) is 11.8 Å². The minimum atomic E-state index is -0.705. The zero-order valence-electron chi connectivity index (χ0n) is 9.43. The molecule has 0 aliphatic carbocycles. The van der Waals surface area contributed by atoms with Gasteiger partial charge >= 0.3 is 5.97 Å². The second kappa shape index (κ2) is 4.70. The predicted molar refractivity (Wildman–Crippen MR) is 59.2 cm³/mol. The van der Waals surface area contributed by atoms with E-state index in [1.54, 1.807) is 6.26 Å². The van der Waals surface area contributed by atoms with Crippen molar-refractivity contribution in [2.24, 2.45) is 0 Å². The van der Waals surface area contributed by atoms with Crippen LogP contribution in [0.2, 0.25) is 0 Å². The highest BCUT2D eigenvalue weighted by molar-refractivity contribution is 5.73. The number of furan rings is 1. The van der Waals surface area contributed by atoms with Crippen molar-refractivity contribution in [1.82, 2.24) is 4.90 Å². The lowest BCUT2D eigenvalue weighted by Crippen LogP contribution is -2.42. The molecule has 1 aromatic heterocycles. The number of carboxylic acids is 1. The van der Waals surface area contributed by atoms with Gasteiger partial charge in [-0.05, 0) is 38.4 Å². The van der Waals surface area contributed by atoms with E-state index in [0.717, 1.165) is 31.6 Å². The molecular formula is C12H17NO3. The quantitative estimate of drug-likeness (QED) is 0.845. The van der Waals surface area contributed by atoms with Gasteiger partial charge in [0, 0.05) is 12.5 Å². The van der Waals surface area contributed by atoms with Crippen molar-refractivity contribution >= 4 is 5.97 Å². The molecule has 2 heterocycles. The zero-order valence-corrected chi connectivity index (χ0v) is 9.43. The topological polar surface area (TPSA) is 53.7 Å². The molecule has 1 aromatic rings. The van der Waals surface area contributed by atoms with Crippen LogP contribution >= 0.6 is 0 Å². The van der Waals surface area contributed by atoms with Gasteiger partial charge in [-0.15, -0.1) is 0 Å². The van der Waals surface area contributed by atoms with Gasteiger partial charge in [-0.25, -0.2) is 0 Å². The number of rotatable bonds is 4. The van der Waals surface area contributed by atoms with Crippen molar-refractivity contribution in [3.8, 4) is 0 Å². The molecule has 0 saturated carbocycles. The molecule has 16 heavy (non-hydrogen) atoms. The normalized spacial score (nSPS) is 23.4. The molecule has 0 radical (unpaired) electrons. The van der Waals surface area contributed by atoms with Gasteiger partial charge < -0.3 is 9.52 Å². The fourth-order valence-electron chi connectivity index (χ4n) is 2.42. The summed E-state index contributed by atoms with van der Waals surface area (Å²) < 4.78 is 5.29. The molecule has 1 N–H and O–H groups in total. The SMILES string of the molecule is CC(Cc1ccco1)N1CCCC1C(=O)O. The van der Waals surface area contributed by atoms with Crippen molar-refractivity contribution < 1.29 is 14.3 Å². The summed E-state index contributed by atoms with van der Waals surface area (Å²) in [6, 6.07) is 3.70. The molecule has 4 heteroatoms. The molecule has 4 nitrogen and oxygen atoms in total. The fraction of sp³-hybridized carbons (Fsp3) is 0.583. The number of carboxylic acid groups (broad SMARTS) is 1. The van der Waals surface area contributed by atoms with Crippen LogP contribution in [0.5, 0.6) is 0 Å². The Morgan fingerprint density at radius 3 is 3.19 bits per heavy atom.